The van der Waals surface area contributed by atoms with Crippen molar-refractivity contribution in [2.24, 2.45) is 5.92 Å². The van der Waals surface area contributed by atoms with E-state index in [1.807, 2.05) is 0 Å². The van der Waals surface area contributed by atoms with Crippen molar-refractivity contribution >= 4 is 5.91 Å². The van der Waals surface area contributed by atoms with Gasteiger partial charge in [0.1, 0.15) is 0 Å². The van der Waals surface area contributed by atoms with Gasteiger partial charge in [0.2, 0.25) is 5.91 Å². The van der Waals surface area contributed by atoms with Gasteiger partial charge in [-0.1, -0.05) is 0 Å². The molecule has 2 saturated heterocycles. The van der Waals surface area contributed by atoms with Crippen LogP contribution in [0.5, 0.6) is 0 Å². The molecule has 1 N–H and O–H groups in total. The number of nitrogens with zero attached hydrogens (tertiary/aromatic N) is 2. The highest BCUT2D eigenvalue weighted by molar-refractivity contribution is 5.78. The Morgan fingerprint density at radius 1 is 1.20 bits per heavy atom. The number of hydrogen-bond acceptors (Lipinski definition) is 3. The molecule has 20 heavy (non-hydrogen) atoms. The van der Waals surface area contributed by atoms with Gasteiger partial charge in [0, 0.05) is 18.6 Å². The SMILES string of the molecule is CCN(C(=O)CN1CCC(C2CCCN2)CC1)C1CC1. The quantitative estimate of drug-likeness (QED) is 0.827. The van der Waals surface area contributed by atoms with E-state index in [2.05, 4.69) is 22.0 Å². The normalized spacial score (nSPS) is 28.8. The van der Waals surface area contributed by atoms with Crippen molar-refractivity contribution in [1.82, 2.24) is 15.1 Å². The Balaban J connectivity index is 1.42. The molecule has 4 heteroatoms. The molecule has 1 unspecified atom stereocenters. The Bertz CT molecular complexity index is 329. The number of likely N-dealkylation sites (N-methyl/N-ethyl adjacent to an activating group) is 1. The lowest BCUT2D eigenvalue weighted by Crippen LogP contribution is -2.46. The van der Waals surface area contributed by atoms with Crippen molar-refractivity contribution in [1.29, 1.82) is 0 Å². The summed E-state index contributed by atoms with van der Waals surface area (Å²) in [4.78, 5) is 16.8. The molecule has 1 aliphatic carbocycles. The molecule has 0 aromatic carbocycles. The predicted octanol–water partition coefficient (Wildman–Crippen LogP) is 1.46. The standard InChI is InChI=1S/C16H29N3O/c1-2-19(14-5-6-14)16(20)12-18-10-7-13(8-11-18)15-4-3-9-17-15/h13-15,17H,2-12H2,1H3. The molecule has 4 nitrogen and oxygen atoms in total. The van der Waals surface area contributed by atoms with Gasteiger partial charge < -0.3 is 10.2 Å². The topological polar surface area (TPSA) is 35.6 Å². The van der Waals surface area contributed by atoms with Crippen molar-refractivity contribution in [3.63, 3.8) is 0 Å². The minimum Gasteiger partial charge on any atom is -0.339 e. The first kappa shape index (κ1) is 14.3. The number of amides is 1. The van der Waals surface area contributed by atoms with Crippen molar-refractivity contribution in [3.05, 3.63) is 0 Å². The van der Waals surface area contributed by atoms with Gasteiger partial charge in [0.15, 0.2) is 0 Å². The summed E-state index contributed by atoms with van der Waals surface area (Å²) < 4.78 is 0. The minimum absolute atomic E-state index is 0.354. The third kappa shape index (κ3) is 3.34. The van der Waals surface area contributed by atoms with Crippen LogP contribution in [-0.4, -0.2) is 60.5 Å². The van der Waals surface area contributed by atoms with E-state index in [1.165, 1.54) is 45.1 Å². The lowest BCUT2D eigenvalue weighted by atomic mass is 9.88. The zero-order valence-electron chi connectivity index (χ0n) is 12.8. The van der Waals surface area contributed by atoms with Crippen LogP contribution in [0.4, 0.5) is 0 Å². The van der Waals surface area contributed by atoms with Gasteiger partial charge in [-0.05, 0) is 71.0 Å². The summed E-state index contributed by atoms with van der Waals surface area (Å²) in [7, 11) is 0. The number of nitrogens with one attached hydrogen (secondary N) is 1. The zero-order chi connectivity index (χ0) is 13.9. The Labute approximate surface area is 122 Å². The number of carbonyl (C=O) groups excluding carboxylic acids is 1. The molecule has 114 valence electrons. The highest BCUT2D eigenvalue weighted by Gasteiger charge is 2.33. The van der Waals surface area contributed by atoms with Crippen LogP contribution in [0.15, 0.2) is 0 Å². The van der Waals surface area contributed by atoms with Crippen LogP contribution in [0.1, 0.15) is 45.4 Å². The molecule has 0 aromatic rings. The summed E-state index contributed by atoms with van der Waals surface area (Å²) in [5.74, 6) is 1.20. The average molecular weight is 279 g/mol. The number of piperidine rings is 1. The number of carbonyl (C=O) groups is 1. The van der Waals surface area contributed by atoms with Crippen LogP contribution < -0.4 is 5.32 Å². The van der Waals surface area contributed by atoms with E-state index in [0.29, 0.717) is 18.5 Å². The first-order valence-corrected chi connectivity index (χ1v) is 8.53. The fraction of sp³-hybridized carbons (Fsp3) is 0.938. The van der Waals surface area contributed by atoms with E-state index in [9.17, 15) is 4.79 Å². The van der Waals surface area contributed by atoms with E-state index in [4.69, 9.17) is 0 Å². The second-order valence-corrected chi connectivity index (χ2v) is 6.73. The van der Waals surface area contributed by atoms with Gasteiger partial charge in [-0.25, -0.2) is 0 Å². The van der Waals surface area contributed by atoms with Gasteiger partial charge in [-0.3, -0.25) is 9.69 Å². The minimum atomic E-state index is 0.354. The summed E-state index contributed by atoms with van der Waals surface area (Å²) in [6.45, 7) is 7.05. The van der Waals surface area contributed by atoms with E-state index in [-0.39, 0.29) is 0 Å². The first-order valence-electron chi connectivity index (χ1n) is 8.53. The first-order chi connectivity index (χ1) is 9.78. The summed E-state index contributed by atoms with van der Waals surface area (Å²) in [6.07, 6.45) is 7.66. The lowest BCUT2D eigenvalue weighted by Gasteiger charge is -2.35. The molecule has 0 spiro atoms. The molecule has 0 radical (unpaired) electrons. The molecular weight excluding hydrogens is 250 g/mol. The molecule has 0 aromatic heterocycles. The fourth-order valence-electron chi connectivity index (χ4n) is 3.93. The number of likely N-dealkylation sites (tertiary alicyclic amines) is 1. The van der Waals surface area contributed by atoms with Crippen molar-refractivity contribution in [2.75, 3.05) is 32.7 Å². The maximum absolute atomic E-state index is 12.3. The number of rotatable bonds is 5. The Kier molecular flexibility index (Phi) is 4.61. The summed E-state index contributed by atoms with van der Waals surface area (Å²) >= 11 is 0. The Hall–Kier alpha value is -0.610. The largest absolute Gasteiger partial charge is 0.339 e. The van der Waals surface area contributed by atoms with Crippen LogP contribution in [0.3, 0.4) is 0 Å². The third-order valence-electron chi connectivity index (χ3n) is 5.31. The zero-order valence-corrected chi connectivity index (χ0v) is 12.8. The monoisotopic (exact) mass is 279 g/mol. The molecule has 1 atom stereocenters. The smallest absolute Gasteiger partial charge is 0.236 e. The maximum Gasteiger partial charge on any atom is 0.236 e. The highest BCUT2D eigenvalue weighted by atomic mass is 16.2. The summed E-state index contributed by atoms with van der Waals surface area (Å²) in [5.41, 5.74) is 0. The van der Waals surface area contributed by atoms with Gasteiger partial charge in [0.05, 0.1) is 6.54 Å². The third-order valence-corrected chi connectivity index (χ3v) is 5.31. The summed E-state index contributed by atoms with van der Waals surface area (Å²) in [5, 5.41) is 3.64. The van der Waals surface area contributed by atoms with E-state index >= 15 is 0 Å². The number of hydrogen-bond donors (Lipinski definition) is 1. The molecule has 3 rings (SSSR count). The van der Waals surface area contributed by atoms with Gasteiger partial charge in [-0.15, -0.1) is 0 Å². The van der Waals surface area contributed by atoms with Crippen molar-refractivity contribution in [3.8, 4) is 0 Å². The van der Waals surface area contributed by atoms with Crippen LogP contribution in [-0.2, 0) is 4.79 Å². The van der Waals surface area contributed by atoms with Crippen molar-refractivity contribution < 1.29 is 4.79 Å². The summed E-state index contributed by atoms with van der Waals surface area (Å²) in [6, 6.07) is 1.32. The molecule has 1 amide bonds. The van der Waals surface area contributed by atoms with Crippen LogP contribution in [0, 0.1) is 5.92 Å². The highest BCUT2D eigenvalue weighted by Crippen LogP contribution is 2.28. The van der Waals surface area contributed by atoms with E-state index < -0.39 is 0 Å². The fourth-order valence-corrected chi connectivity index (χ4v) is 3.93. The van der Waals surface area contributed by atoms with Crippen molar-refractivity contribution in [2.45, 2.75) is 57.5 Å². The Morgan fingerprint density at radius 2 is 1.95 bits per heavy atom. The van der Waals surface area contributed by atoms with Gasteiger partial charge >= 0.3 is 0 Å². The average Bonchev–Trinajstić information content (AvgIpc) is 3.14. The predicted molar refractivity (Wildman–Crippen MR) is 80.6 cm³/mol. The van der Waals surface area contributed by atoms with E-state index in [1.54, 1.807) is 0 Å². The molecule has 3 fully saturated rings. The van der Waals surface area contributed by atoms with Gasteiger partial charge in [-0.2, -0.15) is 0 Å². The van der Waals surface area contributed by atoms with Crippen LogP contribution in [0.2, 0.25) is 0 Å². The van der Waals surface area contributed by atoms with Crippen LogP contribution in [0.25, 0.3) is 0 Å². The molecule has 3 aliphatic rings. The second-order valence-electron chi connectivity index (χ2n) is 6.73. The van der Waals surface area contributed by atoms with Crippen LogP contribution >= 0.6 is 0 Å². The molecule has 2 heterocycles. The molecule has 0 bridgehead atoms. The molecule has 2 aliphatic heterocycles. The van der Waals surface area contributed by atoms with Gasteiger partial charge in [0.25, 0.3) is 0 Å². The maximum atomic E-state index is 12.3. The van der Waals surface area contributed by atoms with E-state index in [0.717, 1.165) is 31.6 Å². The lowest BCUT2D eigenvalue weighted by molar-refractivity contribution is -0.133. The molecule has 1 saturated carbocycles. The molecular formula is C16H29N3O. The Morgan fingerprint density at radius 3 is 2.50 bits per heavy atom. The second kappa shape index (κ2) is 6.44.